The Hall–Kier alpha value is -3.06. The van der Waals surface area contributed by atoms with E-state index in [4.69, 9.17) is 35.4 Å². The summed E-state index contributed by atoms with van der Waals surface area (Å²) >= 11 is 18.4. The molecule has 0 bridgehead atoms. The summed E-state index contributed by atoms with van der Waals surface area (Å²) in [7, 11) is 0. The quantitative estimate of drug-likeness (QED) is 0.347. The van der Waals surface area contributed by atoms with Gasteiger partial charge < -0.3 is 19.9 Å². The number of rotatable bonds is 4. The third-order valence-corrected chi connectivity index (χ3v) is 6.34. The van der Waals surface area contributed by atoms with Crippen LogP contribution >= 0.6 is 35.4 Å². The first-order chi connectivity index (χ1) is 15.5. The van der Waals surface area contributed by atoms with Crippen molar-refractivity contribution in [3.63, 3.8) is 0 Å². The van der Waals surface area contributed by atoms with Crippen molar-refractivity contribution in [1.29, 1.82) is 0 Å². The van der Waals surface area contributed by atoms with Crippen LogP contribution < -0.4 is 10.2 Å². The number of hydrogen-bond acceptors (Lipinski definition) is 3. The van der Waals surface area contributed by atoms with Crippen molar-refractivity contribution in [2.45, 2.75) is 12.1 Å². The van der Waals surface area contributed by atoms with E-state index in [1.165, 1.54) is 0 Å². The van der Waals surface area contributed by atoms with Gasteiger partial charge in [0.05, 0.1) is 28.1 Å². The van der Waals surface area contributed by atoms with Gasteiger partial charge in [0.2, 0.25) is 0 Å². The Morgan fingerprint density at radius 2 is 1.75 bits per heavy atom. The molecule has 2 N–H and O–H groups in total. The summed E-state index contributed by atoms with van der Waals surface area (Å²) in [4.78, 5) is 6.50. The first-order valence-electron chi connectivity index (χ1n) is 9.96. The van der Waals surface area contributed by atoms with Crippen LogP contribution in [-0.4, -0.2) is 19.8 Å². The lowest BCUT2D eigenvalue weighted by atomic mass is 10.0. The zero-order chi connectivity index (χ0) is 22.2. The third-order valence-electron chi connectivity index (χ3n) is 5.49. The van der Waals surface area contributed by atoms with Gasteiger partial charge in [-0.15, -0.1) is 0 Å². The molecule has 1 fully saturated rings. The number of para-hydroxylation sites is 2. The number of phenols is 1. The fourth-order valence-corrected chi connectivity index (χ4v) is 4.95. The molecule has 0 saturated carbocycles. The number of thiocarbonyl (C=S) groups is 1. The summed E-state index contributed by atoms with van der Waals surface area (Å²) in [6.07, 6.45) is 3.71. The van der Waals surface area contributed by atoms with Crippen molar-refractivity contribution in [2.24, 2.45) is 0 Å². The van der Waals surface area contributed by atoms with Crippen molar-refractivity contribution >= 4 is 46.2 Å². The van der Waals surface area contributed by atoms with E-state index in [-0.39, 0.29) is 17.8 Å². The average Bonchev–Trinajstić information content (AvgIpc) is 3.39. The second-order valence-electron chi connectivity index (χ2n) is 7.38. The zero-order valence-corrected chi connectivity index (χ0v) is 19.0. The number of halogens is 2. The van der Waals surface area contributed by atoms with Crippen LogP contribution in [0.3, 0.4) is 0 Å². The van der Waals surface area contributed by atoms with Gasteiger partial charge in [-0.05, 0) is 66.8 Å². The molecule has 1 aliphatic rings. The largest absolute Gasteiger partial charge is 0.506 e. The molecule has 5 nitrogen and oxygen atoms in total. The molecule has 5 rings (SSSR count). The van der Waals surface area contributed by atoms with Gasteiger partial charge in [0, 0.05) is 23.1 Å². The Bertz CT molecular complexity index is 1290. The van der Waals surface area contributed by atoms with Crippen molar-refractivity contribution in [1.82, 2.24) is 14.9 Å². The minimum atomic E-state index is -0.299. The second kappa shape index (κ2) is 8.47. The number of hydrogen-bond donors (Lipinski definition) is 2. The molecule has 0 spiro atoms. The number of nitrogens with one attached hydrogen (secondary N) is 1. The monoisotopic (exact) mass is 480 g/mol. The molecule has 0 unspecified atom stereocenters. The van der Waals surface area contributed by atoms with Crippen LogP contribution in [0.4, 0.5) is 5.69 Å². The van der Waals surface area contributed by atoms with E-state index in [1.807, 2.05) is 64.2 Å². The summed E-state index contributed by atoms with van der Waals surface area (Å²) in [6.45, 7) is 0. The number of pyridine rings is 1. The molecule has 2 atom stereocenters. The zero-order valence-electron chi connectivity index (χ0n) is 16.7. The molecule has 8 heteroatoms. The van der Waals surface area contributed by atoms with Crippen LogP contribution in [0.1, 0.15) is 23.5 Å². The van der Waals surface area contributed by atoms with Crippen LogP contribution in [0.25, 0.3) is 5.69 Å². The number of benzene rings is 2. The van der Waals surface area contributed by atoms with E-state index in [0.717, 1.165) is 17.1 Å². The van der Waals surface area contributed by atoms with Crippen LogP contribution in [0.2, 0.25) is 10.0 Å². The topological polar surface area (TPSA) is 53.3 Å². The van der Waals surface area contributed by atoms with E-state index in [1.54, 1.807) is 30.5 Å². The maximum Gasteiger partial charge on any atom is 0.174 e. The average molecular weight is 481 g/mol. The van der Waals surface area contributed by atoms with E-state index in [2.05, 4.69) is 10.3 Å². The fraction of sp³-hybridized carbons (Fsp3) is 0.0833. The summed E-state index contributed by atoms with van der Waals surface area (Å²) < 4.78 is 2.02. The lowest BCUT2D eigenvalue weighted by molar-refractivity contribution is 0.472. The van der Waals surface area contributed by atoms with Crippen LogP contribution in [0, 0.1) is 0 Å². The SMILES string of the molecule is Oc1ccccc1N1C(=S)N[C@H](c2ccccn2)[C@@H]1c1cccn1-c1ccc(Cl)cc1Cl. The van der Waals surface area contributed by atoms with Gasteiger partial charge in [0.25, 0.3) is 0 Å². The molecule has 2 aromatic heterocycles. The number of anilines is 1. The molecule has 1 saturated heterocycles. The van der Waals surface area contributed by atoms with Gasteiger partial charge in [-0.3, -0.25) is 4.98 Å². The van der Waals surface area contributed by atoms with Gasteiger partial charge in [0.15, 0.2) is 5.11 Å². The molecule has 2 aromatic carbocycles. The number of aromatic hydroxyl groups is 1. The number of nitrogens with zero attached hydrogens (tertiary/aromatic N) is 3. The van der Waals surface area contributed by atoms with E-state index < -0.39 is 0 Å². The lowest BCUT2D eigenvalue weighted by Gasteiger charge is -2.29. The molecule has 3 heterocycles. The van der Waals surface area contributed by atoms with Crippen molar-refractivity contribution in [3.8, 4) is 11.4 Å². The molecular weight excluding hydrogens is 463 g/mol. The van der Waals surface area contributed by atoms with E-state index in [9.17, 15) is 5.11 Å². The minimum Gasteiger partial charge on any atom is -0.506 e. The molecule has 160 valence electrons. The minimum absolute atomic E-state index is 0.144. The Kier molecular flexibility index (Phi) is 5.51. The summed E-state index contributed by atoms with van der Waals surface area (Å²) in [5, 5.41) is 15.6. The van der Waals surface area contributed by atoms with Crippen molar-refractivity contribution < 1.29 is 5.11 Å². The summed E-state index contributed by atoms with van der Waals surface area (Å²) in [5.41, 5.74) is 3.18. The van der Waals surface area contributed by atoms with Crippen LogP contribution in [0.5, 0.6) is 5.75 Å². The van der Waals surface area contributed by atoms with E-state index >= 15 is 0 Å². The smallest absolute Gasteiger partial charge is 0.174 e. The maximum absolute atomic E-state index is 10.6. The van der Waals surface area contributed by atoms with Gasteiger partial charge in [-0.1, -0.05) is 41.4 Å². The Labute approximate surface area is 200 Å². The molecule has 0 amide bonds. The summed E-state index contributed by atoms with van der Waals surface area (Å²) in [6, 6.07) is 21.8. The second-order valence-corrected chi connectivity index (χ2v) is 8.61. The Morgan fingerprint density at radius 3 is 2.50 bits per heavy atom. The van der Waals surface area contributed by atoms with Gasteiger partial charge in [-0.2, -0.15) is 0 Å². The Morgan fingerprint density at radius 1 is 0.938 bits per heavy atom. The lowest BCUT2D eigenvalue weighted by Crippen LogP contribution is -2.30. The van der Waals surface area contributed by atoms with Gasteiger partial charge >= 0.3 is 0 Å². The normalized spacial score (nSPS) is 18.1. The highest BCUT2D eigenvalue weighted by molar-refractivity contribution is 7.80. The van der Waals surface area contributed by atoms with Crippen LogP contribution in [0.15, 0.2) is 85.2 Å². The van der Waals surface area contributed by atoms with Gasteiger partial charge in [-0.25, -0.2) is 0 Å². The van der Waals surface area contributed by atoms with Gasteiger partial charge in [0.1, 0.15) is 11.8 Å². The van der Waals surface area contributed by atoms with Crippen LogP contribution in [-0.2, 0) is 0 Å². The predicted octanol–water partition coefficient (Wildman–Crippen LogP) is 6.06. The molecule has 0 radical (unpaired) electrons. The highest BCUT2D eigenvalue weighted by Crippen LogP contribution is 2.45. The fourth-order valence-electron chi connectivity index (χ4n) is 4.11. The maximum atomic E-state index is 10.6. The highest BCUT2D eigenvalue weighted by atomic mass is 35.5. The molecular formula is C24H18Cl2N4OS. The van der Waals surface area contributed by atoms with Crippen molar-refractivity contribution in [2.75, 3.05) is 4.90 Å². The standard InChI is InChI=1S/C24H18Cl2N4OS/c25-15-10-11-18(16(26)14-15)29-13-5-8-20(29)23-22(17-6-3-4-12-27-17)28-24(32)30(23)19-7-1-2-9-21(19)31/h1-14,22-23,31H,(H,28,32)/t22-,23+/m1/s1. The molecule has 0 aliphatic carbocycles. The Balaban J connectivity index is 1.70. The number of aromatic nitrogens is 2. The first kappa shape index (κ1) is 20.8. The highest BCUT2D eigenvalue weighted by Gasteiger charge is 2.43. The summed E-state index contributed by atoms with van der Waals surface area (Å²) in [5.74, 6) is 0.144. The number of phenolic OH excluding ortho intramolecular Hbond substituents is 1. The van der Waals surface area contributed by atoms with E-state index in [0.29, 0.717) is 20.8 Å². The third kappa shape index (κ3) is 3.60. The molecule has 1 aliphatic heterocycles. The first-order valence-corrected chi connectivity index (χ1v) is 11.1. The molecule has 32 heavy (non-hydrogen) atoms. The van der Waals surface area contributed by atoms with Crippen molar-refractivity contribution in [3.05, 3.63) is 107 Å². The molecule has 4 aromatic rings. The predicted molar refractivity (Wildman–Crippen MR) is 132 cm³/mol.